The Morgan fingerprint density at radius 3 is 2.71 bits per heavy atom. The Hall–Kier alpha value is -1.66. The van der Waals surface area contributed by atoms with Crippen molar-refractivity contribution in [3.63, 3.8) is 0 Å². The van der Waals surface area contributed by atoms with E-state index in [1.165, 1.54) is 6.07 Å². The molecule has 2 unspecified atom stereocenters. The van der Waals surface area contributed by atoms with Crippen LogP contribution in [0.3, 0.4) is 0 Å². The van der Waals surface area contributed by atoms with Gasteiger partial charge in [0.1, 0.15) is 11.6 Å². The lowest BCUT2D eigenvalue weighted by atomic mass is 10.1. The van der Waals surface area contributed by atoms with Gasteiger partial charge in [0.25, 0.3) is 5.91 Å². The lowest BCUT2D eigenvalue weighted by Gasteiger charge is -2.16. The Morgan fingerprint density at radius 1 is 1.43 bits per heavy atom. The van der Waals surface area contributed by atoms with Crippen LogP contribution in [0.25, 0.3) is 0 Å². The van der Waals surface area contributed by atoms with E-state index in [2.05, 4.69) is 5.32 Å². The van der Waals surface area contributed by atoms with Crippen LogP contribution in [0.4, 0.5) is 4.39 Å². The number of nitrogens with one attached hydrogen (secondary N) is 1. The molecular formula is C15H23FN2O3. The van der Waals surface area contributed by atoms with E-state index in [0.29, 0.717) is 24.5 Å². The number of carbonyl (C=O) groups excluding carboxylic acids is 1. The molecule has 1 rings (SSSR count). The lowest BCUT2D eigenvalue weighted by molar-refractivity contribution is -0.127. The SMILES string of the molecule is COCCCNC(=O)C(C)Oc1ccc(C(C)N)c(F)c1. The van der Waals surface area contributed by atoms with E-state index < -0.39 is 11.9 Å². The molecule has 3 N–H and O–H groups in total. The lowest BCUT2D eigenvalue weighted by Crippen LogP contribution is -2.37. The van der Waals surface area contributed by atoms with Crippen molar-refractivity contribution in [2.24, 2.45) is 5.73 Å². The number of amides is 1. The van der Waals surface area contributed by atoms with Crippen LogP contribution >= 0.6 is 0 Å². The molecule has 118 valence electrons. The predicted molar refractivity (Wildman–Crippen MR) is 78.6 cm³/mol. The topological polar surface area (TPSA) is 73.6 Å². The summed E-state index contributed by atoms with van der Waals surface area (Å²) >= 11 is 0. The maximum atomic E-state index is 13.8. The first kappa shape index (κ1) is 17.4. The maximum Gasteiger partial charge on any atom is 0.260 e. The van der Waals surface area contributed by atoms with Gasteiger partial charge in [-0.2, -0.15) is 0 Å². The van der Waals surface area contributed by atoms with Gasteiger partial charge in [0.15, 0.2) is 6.10 Å². The second kappa shape index (κ2) is 8.59. The summed E-state index contributed by atoms with van der Waals surface area (Å²) in [5.41, 5.74) is 6.05. The van der Waals surface area contributed by atoms with Crippen molar-refractivity contribution in [1.82, 2.24) is 5.32 Å². The van der Waals surface area contributed by atoms with Crippen molar-refractivity contribution < 1.29 is 18.7 Å². The van der Waals surface area contributed by atoms with Gasteiger partial charge in [0, 0.05) is 37.9 Å². The van der Waals surface area contributed by atoms with E-state index in [1.807, 2.05) is 0 Å². The molecule has 5 nitrogen and oxygen atoms in total. The smallest absolute Gasteiger partial charge is 0.260 e. The van der Waals surface area contributed by atoms with Gasteiger partial charge in [0.2, 0.25) is 0 Å². The summed E-state index contributed by atoms with van der Waals surface area (Å²) in [7, 11) is 1.61. The number of methoxy groups -OCH3 is 1. The molecule has 21 heavy (non-hydrogen) atoms. The zero-order valence-electron chi connectivity index (χ0n) is 12.7. The molecule has 0 aliphatic carbocycles. The van der Waals surface area contributed by atoms with Crippen LogP contribution in [0.1, 0.15) is 31.9 Å². The second-order valence-corrected chi connectivity index (χ2v) is 4.87. The van der Waals surface area contributed by atoms with Crippen LogP contribution in [0, 0.1) is 5.82 Å². The van der Waals surface area contributed by atoms with E-state index >= 15 is 0 Å². The Balaban J connectivity index is 2.52. The molecule has 0 fully saturated rings. The molecule has 1 amide bonds. The predicted octanol–water partition coefficient (Wildman–Crippen LogP) is 1.77. The molecule has 1 aromatic carbocycles. The van der Waals surface area contributed by atoms with Crippen LogP contribution in [-0.4, -0.2) is 32.3 Å². The molecule has 0 saturated heterocycles. The maximum absolute atomic E-state index is 13.8. The molecule has 1 aromatic rings. The van der Waals surface area contributed by atoms with Gasteiger partial charge in [-0.3, -0.25) is 4.79 Å². The molecule has 0 spiro atoms. The van der Waals surface area contributed by atoms with Gasteiger partial charge < -0.3 is 20.5 Å². The first-order valence-corrected chi connectivity index (χ1v) is 6.94. The summed E-state index contributed by atoms with van der Waals surface area (Å²) in [5.74, 6) is -0.380. The Labute approximate surface area is 124 Å². The van der Waals surface area contributed by atoms with Crippen molar-refractivity contribution in [1.29, 1.82) is 0 Å². The molecule has 0 heterocycles. The largest absolute Gasteiger partial charge is 0.481 e. The van der Waals surface area contributed by atoms with Crippen molar-refractivity contribution in [2.75, 3.05) is 20.3 Å². The zero-order valence-corrected chi connectivity index (χ0v) is 12.7. The van der Waals surface area contributed by atoms with E-state index in [9.17, 15) is 9.18 Å². The number of hydrogen-bond acceptors (Lipinski definition) is 4. The molecule has 0 aliphatic heterocycles. The highest BCUT2D eigenvalue weighted by atomic mass is 19.1. The minimum absolute atomic E-state index is 0.247. The van der Waals surface area contributed by atoms with E-state index in [0.717, 1.165) is 6.42 Å². The number of ether oxygens (including phenoxy) is 2. The van der Waals surface area contributed by atoms with Gasteiger partial charge in [-0.05, 0) is 26.3 Å². The number of hydrogen-bond donors (Lipinski definition) is 2. The number of halogens is 1. The minimum Gasteiger partial charge on any atom is -0.481 e. The molecule has 0 aromatic heterocycles. The summed E-state index contributed by atoms with van der Waals surface area (Å²) in [6, 6.07) is 4.03. The van der Waals surface area contributed by atoms with Crippen LogP contribution in [0.5, 0.6) is 5.75 Å². The number of nitrogens with two attached hydrogens (primary N) is 1. The summed E-state index contributed by atoms with van der Waals surface area (Å²) in [4.78, 5) is 11.8. The monoisotopic (exact) mass is 298 g/mol. The Kier molecular flexibility index (Phi) is 7.11. The second-order valence-electron chi connectivity index (χ2n) is 4.87. The standard InChI is InChI=1S/C15H23FN2O3/c1-10(17)13-6-5-12(9-14(13)16)21-11(2)15(19)18-7-4-8-20-3/h5-6,9-11H,4,7-8,17H2,1-3H3,(H,18,19). The highest BCUT2D eigenvalue weighted by Gasteiger charge is 2.15. The van der Waals surface area contributed by atoms with E-state index in [-0.39, 0.29) is 11.9 Å². The third kappa shape index (κ3) is 5.69. The van der Waals surface area contributed by atoms with Crippen molar-refractivity contribution in [3.8, 4) is 5.75 Å². The van der Waals surface area contributed by atoms with Crippen molar-refractivity contribution in [2.45, 2.75) is 32.4 Å². The van der Waals surface area contributed by atoms with Crippen molar-refractivity contribution in [3.05, 3.63) is 29.6 Å². The first-order chi connectivity index (χ1) is 9.95. The third-order valence-electron chi connectivity index (χ3n) is 2.97. The van der Waals surface area contributed by atoms with Crippen molar-refractivity contribution >= 4 is 5.91 Å². The molecule has 0 radical (unpaired) electrons. The molecular weight excluding hydrogens is 275 g/mol. The fourth-order valence-electron chi connectivity index (χ4n) is 1.78. The van der Waals surface area contributed by atoms with Crippen LogP contribution in [0.2, 0.25) is 0 Å². The summed E-state index contributed by atoms with van der Waals surface area (Å²) in [6.45, 7) is 4.41. The highest BCUT2D eigenvalue weighted by molar-refractivity contribution is 5.80. The third-order valence-corrected chi connectivity index (χ3v) is 2.97. The molecule has 6 heteroatoms. The molecule has 0 aliphatic rings. The van der Waals surface area contributed by atoms with E-state index in [1.54, 1.807) is 33.1 Å². The highest BCUT2D eigenvalue weighted by Crippen LogP contribution is 2.21. The van der Waals surface area contributed by atoms with Gasteiger partial charge in [0.05, 0.1) is 0 Å². The van der Waals surface area contributed by atoms with Gasteiger partial charge in [-0.25, -0.2) is 4.39 Å². The number of carbonyl (C=O) groups is 1. The van der Waals surface area contributed by atoms with Gasteiger partial charge >= 0.3 is 0 Å². The van der Waals surface area contributed by atoms with Gasteiger partial charge in [-0.1, -0.05) is 6.07 Å². The fourth-order valence-corrected chi connectivity index (χ4v) is 1.78. The van der Waals surface area contributed by atoms with Gasteiger partial charge in [-0.15, -0.1) is 0 Å². The molecule has 0 saturated carbocycles. The van der Waals surface area contributed by atoms with E-state index in [4.69, 9.17) is 15.2 Å². The normalized spacial score (nSPS) is 13.6. The number of benzene rings is 1. The molecule has 0 bridgehead atoms. The Morgan fingerprint density at radius 2 is 2.14 bits per heavy atom. The quantitative estimate of drug-likeness (QED) is 0.717. The van der Waals surface area contributed by atoms with Crippen LogP contribution in [-0.2, 0) is 9.53 Å². The zero-order chi connectivity index (χ0) is 15.8. The van der Waals surface area contributed by atoms with Crippen LogP contribution in [0.15, 0.2) is 18.2 Å². The first-order valence-electron chi connectivity index (χ1n) is 6.94. The summed E-state index contributed by atoms with van der Waals surface area (Å²) in [6.07, 6.45) is 0.0280. The van der Waals surface area contributed by atoms with Crippen LogP contribution < -0.4 is 15.8 Å². The molecule has 2 atom stereocenters. The average Bonchev–Trinajstić information content (AvgIpc) is 2.43. The Bertz CT molecular complexity index is 466. The number of rotatable bonds is 8. The minimum atomic E-state index is -0.701. The summed E-state index contributed by atoms with van der Waals surface area (Å²) in [5, 5.41) is 2.72. The summed E-state index contributed by atoms with van der Waals surface area (Å²) < 4.78 is 24.1. The average molecular weight is 298 g/mol. The fraction of sp³-hybridized carbons (Fsp3) is 0.533.